The number of allylic oxidation sites excluding steroid dienone is 5. The average molecular weight is 852 g/mol. The maximum Gasteiger partial charge on any atom is 0.472 e. The highest BCUT2D eigenvalue weighted by atomic mass is 31.2. The van der Waals surface area contributed by atoms with Gasteiger partial charge >= 0.3 is 19.8 Å². The van der Waals surface area contributed by atoms with E-state index in [1.54, 1.807) is 6.08 Å². The highest BCUT2D eigenvalue weighted by molar-refractivity contribution is 7.47. The molecule has 0 amide bonds. The summed E-state index contributed by atoms with van der Waals surface area (Å²) in [6.45, 7) is 7.82. The van der Waals surface area contributed by atoms with Gasteiger partial charge in [-0.05, 0) is 69.9 Å². The number of esters is 2. The first kappa shape index (κ1) is 54.5. The van der Waals surface area contributed by atoms with E-state index in [4.69, 9.17) is 28.7 Å². The van der Waals surface area contributed by atoms with Gasteiger partial charge in [-0.15, -0.1) is 0 Å². The lowest BCUT2D eigenvalue weighted by Crippen LogP contribution is -2.29. The molecule has 11 nitrogen and oxygen atoms in total. The molecule has 0 saturated heterocycles. The minimum atomic E-state index is -4.41. The molecular formula is C47H82NO10P. The Labute approximate surface area is 357 Å². The zero-order valence-electron chi connectivity index (χ0n) is 37.3. The van der Waals surface area contributed by atoms with Crippen LogP contribution in [0.4, 0.5) is 0 Å². The summed E-state index contributed by atoms with van der Waals surface area (Å²) in [5.41, 5.74) is 8.03. The number of ether oxygens (including phenoxy) is 2. The van der Waals surface area contributed by atoms with Crippen LogP contribution in [0.5, 0.6) is 0 Å². The first-order valence-corrected chi connectivity index (χ1v) is 24.4. The van der Waals surface area contributed by atoms with Crippen LogP contribution in [0.25, 0.3) is 0 Å². The molecule has 12 heteroatoms. The third-order valence-electron chi connectivity index (χ3n) is 10.3. The van der Waals surface area contributed by atoms with Gasteiger partial charge in [0.2, 0.25) is 0 Å². The third-order valence-corrected chi connectivity index (χ3v) is 11.3. The Hall–Kier alpha value is -2.53. The Bertz CT molecular complexity index is 1360. The van der Waals surface area contributed by atoms with E-state index in [1.807, 2.05) is 12.2 Å². The minimum absolute atomic E-state index is 0.0331. The Morgan fingerprint density at radius 2 is 1.27 bits per heavy atom. The molecule has 0 aliphatic heterocycles. The Morgan fingerprint density at radius 3 is 1.86 bits per heavy atom. The second kappa shape index (κ2) is 36.2. The predicted octanol–water partition coefficient (Wildman–Crippen LogP) is 11.6. The van der Waals surface area contributed by atoms with E-state index in [9.17, 15) is 24.2 Å². The van der Waals surface area contributed by atoms with Crippen molar-refractivity contribution in [2.24, 2.45) is 5.73 Å². The lowest BCUT2D eigenvalue weighted by molar-refractivity contribution is -0.161. The number of aliphatic hydroxyl groups excluding tert-OH is 1. The first-order valence-electron chi connectivity index (χ1n) is 22.9. The van der Waals surface area contributed by atoms with Crippen LogP contribution in [0.1, 0.15) is 184 Å². The molecule has 0 aliphatic carbocycles. The van der Waals surface area contributed by atoms with Crippen molar-refractivity contribution in [3.63, 3.8) is 0 Å². The van der Waals surface area contributed by atoms with Crippen molar-refractivity contribution in [2.75, 3.05) is 26.4 Å². The van der Waals surface area contributed by atoms with Crippen molar-refractivity contribution in [1.82, 2.24) is 0 Å². The van der Waals surface area contributed by atoms with Crippen molar-refractivity contribution < 1.29 is 47.1 Å². The van der Waals surface area contributed by atoms with Crippen LogP contribution >= 0.6 is 7.82 Å². The normalized spacial score (nSPS) is 14.1. The van der Waals surface area contributed by atoms with Crippen LogP contribution in [0.15, 0.2) is 40.9 Å². The van der Waals surface area contributed by atoms with Crippen LogP contribution in [0, 0.1) is 13.8 Å². The van der Waals surface area contributed by atoms with Gasteiger partial charge in [0.05, 0.1) is 19.3 Å². The molecule has 0 saturated carbocycles. The lowest BCUT2D eigenvalue weighted by Gasteiger charge is -2.19. The number of phosphoric ester groups is 1. The van der Waals surface area contributed by atoms with E-state index in [0.29, 0.717) is 19.3 Å². The molecule has 340 valence electrons. The van der Waals surface area contributed by atoms with Crippen LogP contribution in [0.2, 0.25) is 0 Å². The summed E-state index contributed by atoms with van der Waals surface area (Å²) in [5, 5.41) is 10.1. The van der Waals surface area contributed by atoms with Crippen molar-refractivity contribution in [3.8, 4) is 0 Å². The summed E-state index contributed by atoms with van der Waals surface area (Å²) in [6.07, 6.45) is 34.4. The maximum absolute atomic E-state index is 12.7. The average Bonchev–Trinajstić information content (AvgIpc) is 3.48. The fraction of sp³-hybridized carbons (Fsp3) is 0.745. The zero-order valence-corrected chi connectivity index (χ0v) is 38.2. The van der Waals surface area contributed by atoms with Crippen LogP contribution in [-0.4, -0.2) is 60.5 Å². The van der Waals surface area contributed by atoms with Gasteiger partial charge in [0, 0.05) is 32.2 Å². The van der Waals surface area contributed by atoms with Crippen LogP contribution in [-0.2, 0) is 45.5 Å². The number of hydrogen-bond acceptors (Lipinski definition) is 10. The maximum atomic E-state index is 12.7. The summed E-state index contributed by atoms with van der Waals surface area (Å²) in [4.78, 5) is 35.0. The molecule has 0 bridgehead atoms. The minimum Gasteiger partial charge on any atom is -0.466 e. The number of phosphoric acid groups is 1. The number of carbonyl (C=O) groups excluding carboxylic acids is 2. The predicted molar refractivity (Wildman–Crippen MR) is 238 cm³/mol. The Kier molecular flexibility index (Phi) is 33.4. The number of furan rings is 1. The van der Waals surface area contributed by atoms with Crippen LogP contribution < -0.4 is 5.73 Å². The molecule has 0 radical (unpaired) electrons. The summed E-state index contributed by atoms with van der Waals surface area (Å²) in [7, 11) is -4.41. The van der Waals surface area contributed by atoms with Crippen molar-refractivity contribution in [1.29, 1.82) is 0 Å². The van der Waals surface area contributed by atoms with E-state index in [0.717, 1.165) is 70.6 Å². The van der Waals surface area contributed by atoms with Gasteiger partial charge in [0.25, 0.3) is 0 Å². The van der Waals surface area contributed by atoms with E-state index in [-0.39, 0.29) is 32.6 Å². The van der Waals surface area contributed by atoms with E-state index >= 15 is 0 Å². The van der Waals surface area contributed by atoms with Gasteiger partial charge in [0.1, 0.15) is 18.1 Å². The molecule has 0 fully saturated rings. The molecule has 1 aromatic heterocycles. The number of unbranched alkanes of at least 4 members (excludes halogenated alkanes) is 15. The van der Waals surface area contributed by atoms with Gasteiger partial charge in [0.15, 0.2) is 6.10 Å². The van der Waals surface area contributed by atoms with Gasteiger partial charge in [-0.2, -0.15) is 0 Å². The second-order valence-corrected chi connectivity index (χ2v) is 17.1. The fourth-order valence-electron chi connectivity index (χ4n) is 6.64. The monoisotopic (exact) mass is 852 g/mol. The molecule has 1 heterocycles. The molecule has 2 unspecified atom stereocenters. The first-order chi connectivity index (χ1) is 28.5. The Morgan fingerprint density at radius 1 is 0.712 bits per heavy atom. The number of aryl methyl sites for hydroxylation is 2. The number of nitrogens with two attached hydrogens (primary N) is 1. The molecular weight excluding hydrogens is 769 g/mol. The topological polar surface area (TPSA) is 168 Å². The highest BCUT2D eigenvalue weighted by Crippen LogP contribution is 2.43. The summed E-state index contributed by atoms with van der Waals surface area (Å²) >= 11 is 0. The quantitative estimate of drug-likeness (QED) is 0.0189. The van der Waals surface area contributed by atoms with Crippen molar-refractivity contribution in [2.45, 2.75) is 200 Å². The summed E-state index contributed by atoms with van der Waals surface area (Å²) < 4.78 is 39.0. The molecule has 4 N–H and O–H groups in total. The van der Waals surface area contributed by atoms with Gasteiger partial charge in [-0.3, -0.25) is 18.6 Å². The molecule has 1 aromatic rings. The standard InChI is InChI=1S/C47H82NO10P/c1-5-7-9-10-15-19-25-30-42(49)31-26-20-18-23-28-34-46(50)54-38-43(39-56-59(52,53)55-37-36-48)57-47(51)35-29-22-17-14-12-11-13-16-21-27-33-45-41(4)40(3)44(58-45)32-24-8-6-2/h7,9,15,19,25,30,42-43,49H,5-6,8,10-14,16-18,20-24,26-29,31-39,48H2,1-4H3,(H,52,53)/b9-7+,19-15+,30-25+/t42?,43-/m1/s1. The molecule has 59 heavy (non-hydrogen) atoms. The van der Waals surface area contributed by atoms with Gasteiger partial charge in [-0.1, -0.05) is 140 Å². The molecule has 0 aromatic carbocycles. The zero-order chi connectivity index (χ0) is 43.4. The highest BCUT2D eigenvalue weighted by Gasteiger charge is 2.26. The largest absolute Gasteiger partial charge is 0.472 e. The molecule has 3 atom stereocenters. The SMILES string of the molecule is CC/C=C/C/C=C/C=C/C(O)CCCCCCCC(=O)OC[C@H](COP(=O)(O)OCCN)OC(=O)CCCCCCCCCCCCc1oc(CCCCC)c(C)c1C. The second-order valence-electron chi connectivity index (χ2n) is 15.7. The number of rotatable bonds is 39. The number of carbonyl (C=O) groups is 2. The molecule has 0 aliphatic rings. The lowest BCUT2D eigenvalue weighted by atomic mass is 10.0. The summed E-state index contributed by atoms with van der Waals surface area (Å²) in [6, 6.07) is 0. The van der Waals surface area contributed by atoms with Gasteiger partial charge in [-0.25, -0.2) is 4.57 Å². The van der Waals surface area contributed by atoms with Crippen molar-refractivity contribution in [3.05, 3.63) is 59.1 Å². The number of aliphatic hydroxyl groups is 1. The summed E-state index contributed by atoms with van der Waals surface area (Å²) in [5.74, 6) is 1.44. The molecule has 1 rings (SSSR count). The van der Waals surface area contributed by atoms with Crippen LogP contribution in [0.3, 0.4) is 0 Å². The van der Waals surface area contributed by atoms with Gasteiger partial charge < -0.3 is 29.6 Å². The smallest absolute Gasteiger partial charge is 0.466 e. The van der Waals surface area contributed by atoms with E-state index in [2.05, 4.69) is 45.9 Å². The fourth-order valence-corrected chi connectivity index (χ4v) is 7.41. The third kappa shape index (κ3) is 30.2. The van der Waals surface area contributed by atoms with E-state index < -0.39 is 38.6 Å². The Balaban J connectivity index is 2.25. The van der Waals surface area contributed by atoms with Crippen molar-refractivity contribution >= 4 is 19.8 Å². The molecule has 0 spiro atoms. The number of hydrogen-bond donors (Lipinski definition) is 3. The van der Waals surface area contributed by atoms with E-state index in [1.165, 1.54) is 80.4 Å².